The number of benzene rings is 1. The van der Waals surface area contributed by atoms with Crippen LogP contribution in [-0.4, -0.2) is 25.2 Å². The SMILES string of the molecule is Cc1ccc(Br)cc1N1CCNC2(CCCCC2)C1. The van der Waals surface area contributed by atoms with E-state index in [1.165, 1.54) is 54.4 Å². The van der Waals surface area contributed by atoms with Gasteiger partial charge in [0.05, 0.1) is 0 Å². The first kappa shape index (κ1) is 13.4. The molecule has 2 nitrogen and oxygen atoms in total. The number of anilines is 1. The predicted molar refractivity (Wildman–Crippen MR) is 84.9 cm³/mol. The van der Waals surface area contributed by atoms with Gasteiger partial charge in [0, 0.05) is 35.3 Å². The zero-order valence-corrected chi connectivity index (χ0v) is 13.3. The molecule has 0 bridgehead atoms. The normalized spacial score (nSPS) is 22.7. The largest absolute Gasteiger partial charge is 0.368 e. The Hall–Kier alpha value is -0.540. The minimum Gasteiger partial charge on any atom is -0.368 e. The molecule has 1 saturated carbocycles. The first-order chi connectivity index (χ1) is 9.19. The van der Waals surface area contributed by atoms with Crippen LogP contribution in [0.25, 0.3) is 0 Å². The van der Waals surface area contributed by atoms with Crippen molar-refractivity contribution in [3.63, 3.8) is 0 Å². The summed E-state index contributed by atoms with van der Waals surface area (Å²) < 4.78 is 1.18. The smallest absolute Gasteiger partial charge is 0.0408 e. The van der Waals surface area contributed by atoms with Gasteiger partial charge in [-0.2, -0.15) is 0 Å². The lowest BCUT2D eigenvalue weighted by molar-refractivity contribution is 0.216. The zero-order valence-electron chi connectivity index (χ0n) is 11.7. The number of hydrogen-bond donors (Lipinski definition) is 1. The van der Waals surface area contributed by atoms with Gasteiger partial charge in [-0.25, -0.2) is 0 Å². The number of piperazine rings is 1. The Labute approximate surface area is 124 Å². The second kappa shape index (κ2) is 5.45. The summed E-state index contributed by atoms with van der Waals surface area (Å²) in [4.78, 5) is 2.59. The van der Waals surface area contributed by atoms with Gasteiger partial charge in [-0.05, 0) is 37.5 Å². The van der Waals surface area contributed by atoms with E-state index in [9.17, 15) is 0 Å². The summed E-state index contributed by atoms with van der Waals surface area (Å²) in [5.74, 6) is 0. The third-order valence-corrected chi connectivity index (χ3v) is 5.19. The summed E-state index contributed by atoms with van der Waals surface area (Å²) in [6, 6.07) is 6.63. The fraction of sp³-hybridized carbons (Fsp3) is 0.625. The molecule has 2 fully saturated rings. The molecule has 0 unspecified atom stereocenters. The lowest BCUT2D eigenvalue weighted by Gasteiger charge is -2.47. The van der Waals surface area contributed by atoms with Crippen LogP contribution in [0.4, 0.5) is 5.69 Å². The number of nitrogens with one attached hydrogen (secondary N) is 1. The Morgan fingerprint density at radius 2 is 2.00 bits per heavy atom. The number of nitrogens with zero attached hydrogens (tertiary/aromatic N) is 1. The topological polar surface area (TPSA) is 15.3 Å². The van der Waals surface area contributed by atoms with Crippen molar-refractivity contribution in [2.45, 2.75) is 44.6 Å². The highest BCUT2D eigenvalue weighted by Crippen LogP contribution is 2.33. The lowest BCUT2D eigenvalue weighted by atomic mass is 9.80. The highest BCUT2D eigenvalue weighted by molar-refractivity contribution is 9.10. The van der Waals surface area contributed by atoms with E-state index in [1.54, 1.807) is 0 Å². The number of hydrogen-bond acceptors (Lipinski definition) is 2. The Morgan fingerprint density at radius 3 is 2.79 bits per heavy atom. The van der Waals surface area contributed by atoms with E-state index in [-0.39, 0.29) is 0 Å². The first-order valence-electron chi connectivity index (χ1n) is 7.45. The van der Waals surface area contributed by atoms with Crippen molar-refractivity contribution in [3.8, 4) is 0 Å². The van der Waals surface area contributed by atoms with Gasteiger partial charge in [-0.15, -0.1) is 0 Å². The predicted octanol–water partition coefficient (Wildman–Crippen LogP) is 3.87. The summed E-state index contributed by atoms with van der Waals surface area (Å²) >= 11 is 3.61. The van der Waals surface area contributed by atoms with Crippen LogP contribution < -0.4 is 10.2 Å². The molecule has 1 heterocycles. The molecule has 0 aromatic heterocycles. The van der Waals surface area contributed by atoms with Gasteiger partial charge in [0.15, 0.2) is 0 Å². The maximum atomic E-state index is 3.81. The van der Waals surface area contributed by atoms with Gasteiger partial charge >= 0.3 is 0 Å². The van der Waals surface area contributed by atoms with Crippen LogP contribution in [0, 0.1) is 6.92 Å². The highest BCUT2D eigenvalue weighted by atomic mass is 79.9. The van der Waals surface area contributed by atoms with Gasteiger partial charge in [0.2, 0.25) is 0 Å². The molecule has 0 atom stereocenters. The molecule has 1 spiro atoms. The van der Waals surface area contributed by atoms with E-state index in [4.69, 9.17) is 0 Å². The van der Waals surface area contributed by atoms with E-state index in [1.807, 2.05) is 0 Å². The number of halogens is 1. The number of rotatable bonds is 1. The Morgan fingerprint density at radius 1 is 1.21 bits per heavy atom. The molecule has 0 radical (unpaired) electrons. The average Bonchev–Trinajstić information content (AvgIpc) is 2.42. The van der Waals surface area contributed by atoms with E-state index < -0.39 is 0 Å². The maximum absolute atomic E-state index is 3.81. The van der Waals surface area contributed by atoms with Crippen molar-refractivity contribution < 1.29 is 0 Å². The van der Waals surface area contributed by atoms with Crippen LogP contribution in [-0.2, 0) is 0 Å². The van der Waals surface area contributed by atoms with Crippen LogP contribution in [0.3, 0.4) is 0 Å². The molecule has 3 rings (SSSR count). The Kier molecular flexibility index (Phi) is 3.86. The minimum absolute atomic E-state index is 0.380. The van der Waals surface area contributed by atoms with E-state index >= 15 is 0 Å². The van der Waals surface area contributed by atoms with E-state index in [0.717, 1.165) is 13.1 Å². The molecule has 1 aromatic rings. The molecule has 104 valence electrons. The molecule has 1 N–H and O–H groups in total. The van der Waals surface area contributed by atoms with Crippen molar-refractivity contribution in [3.05, 3.63) is 28.2 Å². The molecule has 3 heteroatoms. The third kappa shape index (κ3) is 2.82. The van der Waals surface area contributed by atoms with Crippen molar-refractivity contribution >= 4 is 21.6 Å². The summed E-state index contributed by atoms with van der Waals surface area (Å²) in [5, 5.41) is 3.81. The van der Waals surface area contributed by atoms with Gasteiger partial charge in [-0.3, -0.25) is 0 Å². The molecule has 1 aromatic carbocycles. The fourth-order valence-electron chi connectivity index (χ4n) is 3.65. The highest BCUT2D eigenvalue weighted by Gasteiger charge is 2.36. The van der Waals surface area contributed by atoms with Crippen LogP contribution in [0.1, 0.15) is 37.7 Å². The van der Waals surface area contributed by atoms with Gasteiger partial charge in [0.1, 0.15) is 0 Å². The van der Waals surface area contributed by atoms with Gasteiger partial charge in [0.25, 0.3) is 0 Å². The van der Waals surface area contributed by atoms with E-state index in [0.29, 0.717) is 5.54 Å². The molecule has 0 amide bonds. The zero-order chi connectivity index (χ0) is 13.3. The van der Waals surface area contributed by atoms with Crippen molar-refractivity contribution in [1.29, 1.82) is 0 Å². The monoisotopic (exact) mass is 322 g/mol. The summed E-state index contributed by atoms with van der Waals surface area (Å²) in [5.41, 5.74) is 3.17. The van der Waals surface area contributed by atoms with Gasteiger partial charge < -0.3 is 10.2 Å². The average molecular weight is 323 g/mol. The molecule has 1 aliphatic carbocycles. The molecule has 1 aliphatic heterocycles. The van der Waals surface area contributed by atoms with Gasteiger partial charge in [-0.1, -0.05) is 41.3 Å². The molecule has 2 aliphatic rings. The number of aryl methyl sites for hydroxylation is 1. The molecule has 1 saturated heterocycles. The van der Waals surface area contributed by atoms with E-state index in [2.05, 4.69) is 51.3 Å². The Balaban J connectivity index is 1.82. The molecule has 19 heavy (non-hydrogen) atoms. The standard InChI is InChI=1S/C16H23BrN2/c1-13-5-6-14(17)11-15(13)19-10-9-18-16(12-19)7-3-2-4-8-16/h5-6,11,18H,2-4,7-10,12H2,1H3. The maximum Gasteiger partial charge on any atom is 0.0408 e. The summed E-state index contributed by atoms with van der Waals surface area (Å²) in [7, 11) is 0. The van der Waals surface area contributed by atoms with Crippen molar-refractivity contribution in [2.24, 2.45) is 0 Å². The molecular weight excluding hydrogens is 300 g/mol. The minimum atomic E-state index is 0.380. The quantitative estimate of drug-likeness (QED) is 0.844. The van der Waals surface area contributed by atoms with Crippen LogP contribution in [0.15, 0.2) is 22.7 Å². The fourth-order valence-corrected chi connectivity index (χ4v) is 4.00. The van der Waals surface area contributed by atoms with Crippen LogP contribution in [0.2, 0.25) is 0 Å². The van der Waals surface area contributed by atoms with Crippen molar-refractivity contribution in [1.82, 2.24) is 5.32 Å². The van der Waals surface area contributed by atoms with Crippen LogP contribution in [0.5, 0.6) is 0 Å². The first-order valence-corrected chi connectivity index (χ1v) is 8.24. The third-order valence-electron chi connectivity index (χ3n) is 4.70. The van der Waals surface area contributed by atoms with Crippen LogP contribution >= 0.6 is 15.9 Å². The van der Waals surface area contributed by atoms with Crippen molar-refractivity contribution in [2.75, 3.05) is 24.5 Å². The summed E-state index contributed by atoms with van der Waals surface area (Å²) in [6.07, 6.45) is 6.88. The lowest BCUT2D eigenvalue weighted by Crippen LogP contribution is -2.61. The Bertz CT molecular complexity index is 447. The second-order valence-electron chi connectivity index (χ2n) is 6.12. The molecular formula is C16H23BrN2. The summed E-state index contributed by atoms with van der Waals surface area (Å²) in [6.45, 7) is 5.63. The second-order valence-corrected chi connectivity index (χ2v) is 7.04.